The number of benzene rings is 3. The van der Waals surface area contributed by atoms with Gasteiger partial charge in [0.2, 0.25) is 10.0 Å². The van der Waals surface area contributed by atoms with E-state index in [-0.39, 0.29) is 22.8 Å². The van der Waals surface area contributed by atoms with Gasteiger partial charge in [0.25, 0.3) is 5.91 Å². The minimum absolute atomic E-state index is 0.0956. The van der Waals surface area contributed by atoms with Crippen LogP contribution in [0.25, 0.3) is 11.4 Å². The first-order valence-corrected chi connectivity index (χ1v) is 12.2. The summed E-state index contributed by atoms with van der Waals surface area (Å²) in [5.74, 6) is 0.186. The number of hydrogen-bond acceptors (Lipinski definition) is 6. The molecule has 8 nitrogen and oxygen atoms in total. The van der Waals surface area contributed by atoms with Gasteiger partial charge < -0.3 is 10.1 Å². The molecule has 0 aliphatic heterocycles. The van der Waals surface area contributed by atoms with Crippen LogP contribution >= 0.6 is 0 Å². The zero-order valence-corrected chi connectivity index (χ0v) is 20.1. The standard InChI is InChI=1S/C26H24N4O4S/c1-30(18-19-9-5-3-6-10-19)35(32,33)24-15-21(13-14-23(24)34-2)26(31)29-22-16-27-25(28-17-22)20-11-7-4-8-12-20/h3-17H,18H2,1-2H3,(H,29,31). The summed E-state index contributed by atoms with van der Waals surface area (Å²) < 4.78 is 33.1. The average Bonchev–Trinajstić information content (AvgIpc) is 2.89. The summed E-state index contributed by atoms with van der Waals surface area (Å²) in [5.41, 5.74) is 2.24. The summed E-state index contributed by atoms with van der Waals surface area (Å²) in [4.78, 5) is 21.4. The van der Waals surface area contributed by atoms with Gasteiger partial charge in [-0.15, -0.1) is 0 Å². The second kappa shape index (κ2) is 10.5. The summed E-state index contributed by atoms with van der Waals surface area (Å²) in [7, 11) is -1.07. The van der Waals surface area contributed by atoms with Crippen LogP contribution in [0.5, 0.6) is 5.75 Å². The molecule has 0 fully saturated rings. The molecule has 1 aromatic heterocycles. The van der Waals surface area contributed by atoms with Crippen molar-refractivity contribution >= 4 is 21.6 Å². The van der Waals surface area contributed by atoms with Crippen LogP contribution in [0.1, 0.15) is 15.9 Å². The van der Waals surface area contributed by atoms with Gasteiger partial charge in [0.15, 0.2) is 5.82 Å². The number of ether oxygens (including phenoxy) is 1. The summed E-state index contributed by atoms with van der Waals surface area (Å²) in [5, 5.41) is 2.71. The van der Waals surface area contributed by atoms with E-state index in [1.54, 1.807) is 0 Å². The van der Waals surface area contributed by atoms with Gasteiger partial charge in [-0.05, 0) is 23.8 Å². The van der Waals surface area contributed by atoms with Gasteiger partial charge in [-0.3, -0.25) is 4.79 Å². The Labute approximate surface area is 204 Å². The van der Waals surface area contributed by atoms with E-state index in [1.807, 2.05) is 60.7 Å². The highest BCUT2D eigenvalue weighted by atomic mass is 32.2. The summed E-state index contributed by atoms with van der Waals surface area (Å²) in [6.07, 6.45) is 3.00. The maximum atomic E-state index is 13.3. The van der Waals surface area contributed by atoms with E-state index in [0.717, 1.165) is 11.1 Å². The van der Waals surface area contributed by atoms with E-state index >= 15 is 0 Å². The van der Waals surface area contributed by atoms with Crippen molar-refractivity contribution in [2.75, 3.05) is 19.5 Å². The molecular formula is C26H24N4O4S. The van der Waals surface area contributed by atoms with Crippen LogP contribution in [0, 0.1) is 0 Å². The van der Waals surface area contributed by atoms with Crippen LogP contribution in [0.2, 0.25) is 0 Å². The van der Waals surface area contributed by atoms with Crippen molar-refractivity contribution in [3.8, 4) is 17.1 Å². The number of rotatable bonds is 8. The van der Waals surface area contributed by atoms with Crippen LogP contribution in [0.3, 0.4) is 0 Å². The number of nitrogens with zero attached hydrogens (tertiary/aromatic N) is 3. The van der Waals surface area contributed by atoms with Crippen molar-refractivity contribution in [1.82, 2.24) is 14.3 Å². The van der Waals surface area contributed by atoms with Gasteiger partial charge in [0, 0.05) is 24.7 Å². The number of carbonyl (C=O) groups is 1. The van der Waals surface area contributed by atoms with Crippen molar-refractivity contribution in [1.29, 1.82) is 0 Å². The molecule has 1 amide bonds. The molecule has 3 aromatic carbocycles. The molecule has 4 aromatic rings. The summed E-state index contributed by atoms with van der Waals surface area (Å²) in [6, 6.07) is 23.0. The lowest BCUT2D eigenvalue weighted by molar-refractivity contribution is 0.102. The summed E-state index contributed by atoms with van der Waals surface area (Å²) >= 11 is 0. The van der Waals surface area contributed by atoms with Gasteiger partial charge in [0.05, 0.1) is 25.2 Å². The minimum Gasteiger partial charge on any atom is -0.495 e. The molecule has 0 saturated carbocycles. The molecule has 9 heteroatoms. The predicted octanol–water partition coefficient (Wildman–Crippen LogP) is 4.23. The number of carbonyl (C=O) groups excluding carboxylic acids is 1. The Bertz CT molecular complexity index is 1410. The fourth-order valence-corrected chi connectivity index (χ4v) is 4.78. The van der Waals surface area contributed by atoms with Crippen molar-refractivity contribution in [2.45, 2.75) is 11.4 Å². The number of aromatic nitrogens is 2. The normalized spacial score (nSPS) is 11.3. The Morgan fingerprint density at radius 2 is 1.57 bits per heavy atom. The van der Waals surface area contributed by atoms with Crippen molar-refractivity contribution < 1.29 is 17.9 Å². The lowest BCUT2D eigenvalue weighted by Crippen LogP contribution is -2.27. The zero-order valence-electron chi connectivity index (χ0n) is 19.3. The Kier molecular flexibility index (Phi) is 7.19. The van der Waals surface area contributed by atoms with E-state index in [0.29, 0.717) is 11.5 Å². The van der Waals surface area contributed by atoms with Crippen molar-refractivity contribution in [2.24, 2.45) is 0 Å². The van der Waals surface area contributed by atoms with E-state index in [2.05, 4.69) is 15.3 Å². The molecule has 4 rings (SSSR count). The molecular weight excluding hydrogens is 464 g/mol. The predicted molar refractivity (Wildman–Crippen MR) is 134 cm³/mol. The lowest BCUT2D eigenvalue weighted by atomic mass is 10.2. The second-order valence-electron chi connectivity index (χ2n) is 7.73. The molecule has 0 bridgehead atoms. The Morgan fingerprint density at radius 1 is 0.943 bits per heavy atom. The molecule has 0 atom stereocenters. The minimum atomic E-state index is -3.94. The Hall–Kier alpha value is -4.08. The number of anilines is 1. The first-order valence-electron chi connectivity index (χ1n) is 10.8. The smallest absolute Gasteiger partial charge is 0.255 e. The van der Waals surface area contributed by atoms with E-state index in [9.17, 15) is 13.2 Å². The molecule has 0 aliphatic rings. The molecule has 0 unspecified atom stereocenters. The topological polar surface area (TPSA) is 101 Å². The second-order valence-corrected chi connectivity index (χ2v) is 9.74. The Morgan fingerprint density at radius 3 is 2.20 bits per heavy atom. The van der Waals surface area contributed by atoms with Crippen LogP contribution < -0.4 is 10.1 Å². The number of amides is 1. The quantitative estimate of drug-likeness (QED) is 0.398. The highest BCUT2D eigenvalue weighted by molar-refractivity contribution is 7.89. The third-order valence-electron chi connectivity index (χ3n) is 5.30. The lowest BCUT2D eigenvalue weighted by Gasteiger charge is -2.19. The van der Waals surface area contributed by atoms with Gasteiger partial charge >= 0.3 is 0 Å². The molecule has 1 N–H and O–H groups in total. The monoisotopic (exact) mass is 488 g/mol. The first kappa shape index (κ1) is 24.1. The van der Waals surface area contributed by atoms with Gasteiger partial charge in [-0.25, -0.2) is 18.4 Å². The maximum absolute atomic E-state index is 13.3. The number of methoxy groups -OCH3 is 1. The molecule has 0 saturated heterocycles. The fourth-order valence-electron chi connectivity index (χ4n) is 3.45. The molecule has 0 aliphatic carbocycles. The van der Waals surface area contributed by atoms with Gasteiger partial charge in [0.1, 0.15) is 10.6 Å². The van der Waals surface area contributed by atoms with Crippen molar-refractivity contribution in [3.05, 3.63) is 102 Å². The SMILES string of the molecule is COc1ccc(C(=O)Nc2cnc(-c3ccccc3)nc2)cc1S(=O)(=O)N(C)Cc1ccccc1. The average molecular weight is 489 g/mol. The fraction of sp³-hybridized carbons (Fsp3) is 0.115. The molecule has 178 valence electrons. The largest absolute Gasteiger partial charge is 0.495 e. The number of hydrogen-bond donors (Lipinski definition) is 1. The number of nitrogens with one attached hydrogen (secondary N) is 1. The third-order valence-corrected chi connectivity index (χ3v) is 7.13. The van der Waals surface area contributed by atoms with E-state index in [1.165, 1.54) is 49.1 Å². The summed E-state index contributed by atoms with van der Waals surface area (Å²) in [6.45, 7) is 0.174. The molecule has 0 radical (unpaired) electrons. The third kappa shape index (κ3) is 5.53. The van der Waals surface area contributed by atoms with Crippen LogP contribution in [-0.2, 0) is 16.6 Å². The zero-order chi connectivity index (χ0) is 24.8. The van der Waals surface area contributed by atoms with Gasteiger partial charge in [-0.1, -0.05) is 60.7 Å². The highest BCUT2D eigenvalue weighted by Crippen LogP contribution is 2.28. The van der Waals surface area contributed by atoms with Crippen LogP contribution in [0.15, 0.2) is 96.2 Å². The maximum Gasteiger partial charge on any atom is 0.255 e. The van der Waals surface area contributed by atoms with Crippen molar-refractivity contribution in [3.63, 3.8) is 0 Å². The Balaban J connectivity index is 1.55. The van der Waals surface area contributed by atoms with Crippen LogP contribution in [-0.4, -0.2) is 42.8 Å². The van der Waals surface area contributed by atoms with E-state index in [4.69, 9.17) is 4.74 Å². The molecule has 1 heterocycles. The molecule has 0 spiro atoms. The highest BCUT2D eigenvalue weighted by Gasteiger charge is 2.26. The van der Waals surface area contributed by atoms with E-state index < -0.39 is 15.9 Å². The molecule has 35 heavy (non-hydrogen) atoms. The van der Waals surface area contributed by atoms with Gasteiger partial charge in [-0.2, -0.15) is 4.31 Å². The van der Waals surface area contributed by atoms with Crippen LogP contribution in [0.4, 0.5) is 5.69 Å². The first-order chi connectivity index (χ1) is 16.9. The number of sulfonamides is 1.